The van der Waals surface area contributed by atoms with Crippen molar-refractivity contribution in [1.82, 2.24) is 15.1 Å². The third-order valence-corrected chi connectivity index (χ3v) is 5.58. The number of thiocarbonyl (C=S) groups is 1. The lowest BCUT2D eigenvalue weighted by Crippen LogP contribution is -2.51. The van der Waals surface area contributed by atoms with Crippen LogP contribution in [0.2, 0.25) is 0 Å². The van der Waals surface area contributed by atoms with Crippen LogP contribution in [-0.4, -0.2) is 47.7 Å². The smallest absolute Gasteiger partial charge is 0.169 e. The van der Waals surface area contributed by atoms with E-state index in [2.05, 4.69) is 33.3 Å². The molecule has 2 aliphatic rings. The van der Waals surface area contributed by atoms with E-state index in [4.69, 9.17) is 17.0 Å². The number of benzene rings is 2. The first-order valence-electron chi connectivity index (χ1n) is 9.41. The molecule has 2 aromatic carbocycles. The summed E-state index contributed by atoms with van der Waals surface area (Å²) in [6, 6.07) is 13.1. The van der Waals surface area contributed by atoms with E-state index in [0.29, 0.717) is 6.54 Å². The van der Waals surface area contributed by atoms with Crippen LogP contribution in [-0.2, 0) is 19.5 Å². The molecule has 0 aromatic heterocycles. The number of fused-ring (bicyclic) bond motifs is 1. The molecule has 0 aliphatic carbocycles. The molecule has 2 aliphatic heterocycles. The van der Waals surface area contributed by atoms with Crippen molar-refractivity contribution in [2.24, 2.45) is 0 Å². The van der Waals surface area contributed by atoms with Gasteiger partial charge in [0.2, 0.25) is 0 Å². The molecule has 27 heavy (non-hydrogen) atoms. The SMILES string of the molecule is Fc1ccc(CNC(=S)N2CCN(Cc3ccc4c(c3)CCO4)CC2)cc1. The minimum Gasteiger partial charge on any atom is -0.493 e. The summed E-state index contributed by atoms with van der Waals surface area (Å²) in [4.78, 5) is 4.68. The summed E-state index contributed by atoms with van der Waals surface area (Å²) in [7, 11) is 0. The summed E-state index contributed by atoms with van der Waals surface area (Å²) < 4.78 is 18.6. The zero-order chi connectivity index (χ0) is 18.6. The standard InChI is InChI=1S/C21H24FN3OS/c22-19-4-1-16(2-5-19)14-23-21(27)25-10-8-24(9-11-25)15-17-3-6-20-18(13-17)7-12-26-20/h1-6,13H,7-12,14-15H2,(H,23,27). The van der Waals surface area contributed by atoms with E-state index in [-0.39, 0.29) is 5.82 Å². The normalized spacial score (nSPS) is 16.7. The van der Waals surface area contributed by atoms with Gasteiger partial charge in [0, 0.05) is 45.7 Å². The number of piperazine rings is 1. The molecule has 0 saturated carbocycles. The molecular formula is C21H24FN3OS. The molecule has 0 bridgehead atoms. The van der Waals surface area contributed by atoms with Crippen LogP contribution in [0.25, 0.3) is 0 Å². The monoisotopic (exact) mass is 385 g/mol. The average molecular weight is 386 g/mol. The number of hydrogen-bond acceptors (Lipinski definition) is 3. The van der Waals surface area contributed by atoms with Gasteiger partial charge in [0.25, 0.3) is 0 Å². The number of rotatable bonds is 4. The van der Waals surface area contributed by atoms with Crippen molar-refractivity contribution < 1.29 is 9.13 Å². The number of hydrogen-bond donors (Lipinski definition) is 1. The summed E-state index contributed by atoms with van der Waals surface area (Å²) in [5, 5.41) is 4.06. The quantitative estimate of drug-likeness (QED) is 0.817. The fourth-order valence-corrected chi connectivity index (χ4v) is 3.85. The van der Waals surface area contributed by atoms with Gasteiger partial charge in [-0.3, -0.25) is 4.90 Å². The molecule has 0 spiro atoms. The van der Waals surface area contributed by atoms with Crippen molar-refractivity contribution in [3.8, 4) is 5.75 Å². The van der Waals surface area contributed by atoms with Gasteiger partial charge < -0.3 is 15.0 Å². The molecule has 6 heteroatoms. The summed E-state index contributed by atoms with van der Waals surface area (Å²) in [5.74, 6) is 0.828. The van der Waals surface area contributed by atoms with Gasteiger partial charge in [0.1, 0.15) is 11.6 Å². The third kappa shape index (κ3) is 4.57. The summed E-state index contributed by atoms with van der Waals surface area (Å²) in [5.41, 5.74) is 3.71. The molecule has 0 amide bonds. The van der Waals surface area contributed by atoms with E-state index in [1.807, 2.05) is 0 Å². The van der Waals surface area contributed by atoms with Gasteiger partial charge >= 0.3 is 0 Å². The molecule has 0 unspecified atom stereocenters. The van der Waals surface area contributed by atoms with Crippen molar-refractivity contribution in [2.75, 3.05) is 32.8 Å². The van der Waals surface area contributed by atoms with Crippen LogP contribution in [0.3, 0.4) is 0 Å². The van der Waals surface area contributed by atoms with Crippen molar-refractivity contribution in [3.05, 3.63) is 65.0 Å². The van der Waals surface area contributed by atoms with Gasteiger partial charge in [-0.25, -0.2) is 4.39 Å². The van der Waals surface area contributed by atoms with Crippen molar-refractivity contribution >= 4 is 17.3 Å². The maximum absolute atomic E-state index is 13.0. The Hall–Kier alpha value is -2.18. The molecule has 4 nitrogen and oxygen atoms in total. The van der Waals surface area contributed by atoms with Gasteiger partial charge in [-0.1, -0.05) is 24.3 Å². The minimum atomic E-state index is -0.214. The molecule has 142 valence electrons. The Kier molecular flexibility index (Phi) is 5.55. The second-order valence-electron chi connectivity index (χ2n) is 7.09. The zero-order valence-corrected chi connectivity index (χ0v) is 16.1. The molecule has 1 N–H and O–H groups in total. The van der Waals surface area contributed by atoms with Crippen LogP contribution < -0.4 is 10.1 Å². The predicted molar refractivity (Wildman–Crippen MR) is 108 cm³/mol. The maximum atomic E-state index is 13.0. The molecule has 2 heterocycles. The van der Waals surface area contributed by atoms with E-state index >= 15 is 0 Å². The van der Waals surface area contributed by atoms with E-state index < -0.39 is 0 Å². The molecule has 0 radical (unpaired) electrons. The number of nitrogens with zero attached hydrogens (tertiary/aromatic N) is 2. The minimum absolute atomic E-state index is 0.214. The van der Waals surface area contributed by atoms with Gasteiger partial charge in [0.05, 0.1) is 6.61 Å². The lowest BCUT2D eigenvalue weighted by molar-refractivity contribution is 0.174. The van der Waals surface area contributed by atoms with Crippen LogP contribution in [0.15, 0.2) is 42.5 Å². The first-order chi connectivity index (χ1) is 13.2. The highest BCUT2D eigenvalue weighted by Gasteiger charge is 2.20. The maximum Gasteiger partial charge on any atom is 0.169 e. The molecule has 1 saturated heterocycles. The number of nitrogens with one attached hydrogen (secondary N) is 1. The second kappa shape index (κ2) is 8.23. The first-order valence-corrected chi connectivity index (χ1v) is 9.82. The summed E-state index contributed by atoms with van der Waals surface area (Å²) >= 11 is 5.53. The number of halogens is 1. The van der Waals surface area contributed by atoms with Crippen LogP contribution in [0.4, 0.5) is 4.39 Å². The largest absolute Gasteiger partial charge is 0.493 e. The Balaban J connectivity index is 1.23. The van der Waals surface area contributed by atoms with Gasteiger partial charge in [-0.15, -0.1) is 0 Å². The molecule has 0 atom stereocenters. The van der Waals surface area contributed by atoms with Gasteiger partial charge in [-0.05, 0) is 47.1 Å². The van der Waals surface area contributed by atoms with Crippen LogP contribution in [0, 0.1) is 5.82 Å². The van der Waals surface area contributed by atoms with Gasteiger partial charge in [-0.2, -0.15) is 0 Å². The average Bonchev–Trinajstić information content (AvgIpc) is 3.16. The van der Waals surface area contributed by atoms with Crippen molar-refractivity contribution in [2.45, 2.75) is 19.5 Å². The number of ether oxygens (including phenoxy) is 1. The Morgan fingerprint density at radius 3 is 2.56 bits per heavy atom. The summed E-state index contributed by atoms with van der Waals surface area (Å²) in [6.45, 7) is 6.22. The Labute approximate surface area is 164 Å². The Morgan fingerprint density at radius 1 is 1.04 bits per heavy atom. The molecule has 1 fully saturated rings. The van der Waals surface area contributed by atoms with Crippen molar-refractivity contribution in [3.63, 3.8) is 0 Å². The fourth-order valence-electron chi connectivity index (χ4n) is 3.60. The highest BCUT2D eigenvalue weighted by molar-refractivity contribution is 7.80. The highest BCUT2D eigenvalue weighted by atomic mass is 32.1. The third-order valence-electron chi connectivity index (χ3n) is 5.18. The predicted octanol–water partition coefficient (Wildman–Crippen LogP) is 2.95. The summed E-state index contributed by atoms with van der Waals surface area (Å²) in [6.07, 6.45) is 1.02. The van der Waals surface area contributed by atoms with E-state index in [1.165, 1.54) is 23.3 Å². The molecule has 2 aromatic rings. The van der Waals surface area contributed by atoms with Crippen LogP contribution in [0.1, 0.15) is 16.7 Å². The fraction of sp³-hybridized carbons (Fsp3) is 0.381. The lowest BCUT2D eigenvalue weighted by Gasteiger charge is -2.36. The van der Waals surface area contributed by atoms with Gasteiger partial charge in [0.15, 0.2) is 5.11 Å². The first kappa shape index (κ1) is 18.2. The van der Waals surface area contributed by atoms with Crippen LogP contribution in [0.5, 0.6) is 5.75 Å². The Bertz CT molecular complexity index is 804. The van der Waals surface area contributed by atoms with E-state index in [0.717, 1.165) is 62.2 Å². The topological polar surface area (TPSA) is 27.7 Å². The molecular weight excluding hydrogens is 361 g/mol. The van der Waals surface area contributed by atoms with Crippen molar-refractivity contribution in [1.29, 1.82) is 0 Å². The highest BCUT2D eigenvalue weighted by Crippen LogP contribution is 2.26. The lowest BCUT2D eigenvalue weighted by atomic mass is 10.1. The van der Waals surface area contributed by atoms with Crippen LogP contribution >= 0.6 is 12.2 Å². The second-order valence-corrected chi connectivity index (χ2v) is 7.48. The van der Waals surface area contributed by atoms with E-state index in [9.17, 15) is 4.39 Å². The molecule has 4 rings (SSSR count). The zero-order valence-electron chi connectivity index (χ0n) is 15.3. The van der Waals surface area contributed by atoms with E-state index in [1.54, 1.807) is 12.1 Å². The Morgan fingerprint density at radius 2 is 1.78 bits per heavy atom.